The summed E-state index contributed by atoms with van der Waals surface area (Å²) in [5.41, 5.74) is 2.43. The van der Waals surface area contributed by atoms with Gasteiger partial charge in [0.25, 0.3) is 5.91 Å². The molecule has 0 saturated heterocycles. The number of nitrogens with one attached hydrogen (secondary N) is 2. The highest BCUT2D eigenvalue weighted by atomic mass is 16.5. The number of anilines is 1. The van der Waals surface area contributed by atoms with Crippen LogP contribution in [0.3, 0.4) is 0 Å². The quantitative estimate of drug-likeness (QED) is 0.908. The maximum atomic E-state index is 11.6. The van der Waals surface area contributed by atoms with Crippen molar-refractivity contribution in [2.45, 2.75) is 12.5 Å². The number of hydrogen-bond donors (Lipinski definition) is 2. The molecule has 0 saturated carbocycles. The number of nitrogens with zero attached hydrogens (tertiary/aromatic N) is 1. The van der Waals surface area contributed by atoms with Gasteiger partial charge in [0.2, 0.25) is 0 Å². The number of amides is 1. The van der Waals surface area contributed by atoms with E-state index in [9.17, 15) is 4.79 Å². The maximum Gasteiger partial charge on any atom is 0.269 e. The predicted molar refractivity (Wildman–Crippen MR) is 80.5 cm³/mol. The van der Waals surface area contributed by atoms with Gasteiger partial charge in [-0.1, -0.05) is 18.2 Å². The Morgan fingerprint density at radius 1 is 1.33 bits per heavy atom. The molecule has 0 aliphatic carbocycles. The monoisotopic (exact) mass is 283 g/mol. The number of carbonyl (C=O) groups is 1. The maximum absolute atomic E-state index is 11.6. The lowest BCUT2D eigenvalue weighted by atomic mass is 10.0. The van der Waals surface area contributed by atoms with Crippen molar-refractivity contribution in [1.29, 1.82) is 0 Å². The molecule has 1 atom stereocenters. The highest BCUT2D eigenvalue weighted by Crippen LogP contribution is 2.33. The Kier molecular flexibility index (Phi) is 3.73. The summed E-state index contributed by atoms with van der Waals surface area (Å²) in [6.45, 7) is 0.683. The van der Waals surface area contributed by atoms with Crippen molar-refractivity contribution in [3.8, 4) is 5.75 Å². The molecule has 3 rings (SSSR count). The molecule has 2 N–H and O–H groups in total. The Labute approximate surface area is 123 Å². The van der Waals surface area contributed by atoms with Gasteiger partial charge in [-0.05, 0) is 18.2 Å². The summed E-state index contributed by atoms with van der Waals surface area (Å²) in [4.78, 5) is 15.7. The third kappa shape index (κ3) is 2.81. The smallest absolute Gasteiger partial charge is 0.269 e. The van der Waals surface area contributed by atoms with Crippen molar-refractivity contribution in [1.82, 2.24) is 10.3 Å². The van der Waals surface area contributed by atoms with E-state index in [2.05, 4.69) is 21.7 Å². The van der Waals surface area contributed by atoms with E-state index in [0.717, 1.165) is 23.4 Å². The van der Waals surface area contributed by atoms with Gasteiger partial charge < -0.3 is 15.4 Å². The minimum absolute atomic E-state index is 0.176. The molecule has 0 spiro atoms. The molecule has 1 aliphatic heterocycles. The van der Waals surface area contributed by atoms with Gasteiger partial charge in [-0.15, -0.1) is 0 Å². The summed E-state index contributed by atoms with van der Waals surface area (Å²) >= 11 is 0. The number of pyridine rings is 1. The molecule has 1 unspecified atom stereocenters. The van der Waals surface area contributed by atoms with Crippen LogP contribution in [0.25, 0.3) is 0 Å². The summed E-state index contributed by atoms with van der Waals surface area (Å²) in [6, 6.07) is 11.8. The lowest BCUT2D eigenvalue weighted by Crippen LogP contribution is -2.21. The van der Waals surface area contributed by atoms with Crippen LogP contribution in [0.4, 0.5) is 5.69 Å². The molecule has 0 radical (unpaired) electrons. The average molecular weight is 283 g/mol. The largest absolute Gasteiger partial charge is 0.493 e. The normalized spacial score (nSPS) is 16.5. The highest BCUT2D eigenvalue weighted by molar-refractivity contribution is 5.92. The number of rotatable bonds is 3. The van der Waals surface area contributed by atoms with Gasteiger partial charge in [0.1, 0.15) is 11.4 Å². The van der Waals surface area contributed by atoms with Crippen LogP contribution in [-0.4, -0.2) is 24.5 Å². The van der Waals surface area contributed by atoms with Crippen LogP contribution < -0.4 is 15.4 Å². The third-order valence-electron chi connectivity index (χ3n) is 3.52. The van der Waals surface area contributed by atoms with Crippen molar-refractivity contribution in [3.05, 3.63) is 53.9 Å². The lowest BCUT2D eigenvalue weighted by Gasteiger charge is -2.27. The average Bonchev–Trinajstić information content (AvgIpc) is 2.55. The van der Waals surface area contributed by atoms with Crippen molar-refractivity contribution in [2.24, 2.45) is 0 Å². The zero-order valence-corrected chi connectivity index (χ0v) is 11.8. The number of aromatic nitrogens is 1. The number of ether oxygens (including phenoxy) is 1. The summed E-state index contributed by atoms with van der Waals surface area (Å²) in [6.07, 6.45) is 2.52. The first-order valence-corrected chi connectivity index (χ1v) is 6.94. The molecular weight excluding hydrogens is 266 g/mol. The first kappa shape index (κ1) is 13.4. The molecule has 21 heavy (non-hydrogen) atoms. The van der Waals surface area contributed by atoms with Gasteiger partial charge in [0.05, 0.1) is 12.6 Å². The van der Waals surface area contributed by atoms with Crippen molar-refractivity contribution >= 4 is 11.6 Å². The molecule has 1 amide bonds. The molecule has 2 aromatic rings. The Morgan fingerprint density at radius 3 is 3.05 bits per heavy atom. The molecule has 1 aromatic carbocycles. The molecule has 1 aliphatic rings. The van der Waals surface area contributed by atoms with Gasteiger partial charge in [0, 0.05) is 30.9 Å². The van der Waals surface area contributed by atoms with Crippen molar-refractivity contribution < 1.29 is 9.53 Å². The molecule has 0 fully saturated rings. The van der Waals surface area contributed by atoms with Crippen LogP contribution in [0.15, 0.2) is 42.6 Å². The van der Waals surface area contributed by atoms with E-state index in [4.69, 9.17) is 4.74 Å². The lowest BCUT2D eigenvalue weighted by molar-refractivity contribution is 0.0958. The molecule has 5 nitrogen and oxygen atoms in total. The fourth-order valence-corrected chi connectivity index (χ4v) is 2.47. The number of para-hydroxylation sites is 1. The van der Waals surface area contributed by atoms with E-state index >= 15 is 0 Å². The standard InChI is InChI=1S/C16H17N3O2/c1-17-16(20)14-10-11(6-8-18-14)19-13-7-9-21-15-5-3-2-4-12(13)15/h2-6,8,10,13H,7,9H2,1H3,(H,17,20)(H,18,19). The molecule has 0 bridgehead atoms. The van der Waals surface area contributed by atoms with E-state index < -0.39 is 0 Å². The second-order valence-electron chi connectivity index (χ2n) is 4.88. The van der Waals surface area contributed by atoms with Gasteiger partial charge >= 0.3 is 0 Å². The molecular formula is C16H17N3O2. The fraction of sp³-hybridized carbons (Fsp3) is 0.250. The van der Waals surface area contributed by atoms with Crippen LogP contribution in [-0.2, 0) is 0 Å². The van der Waals surface area contributed by atoms with E-state index in [1.54, 1.807) is 19.3 Å². The van der Waals surface area contributed by atoms with Gasteiger partial charge in [-0.25, -0.2) is 0 Å². The second-order valence-corrected chi connectivity index (χ2v) is 4.88. The highest BCUT2D eigenvalue weighted by Gasteiger charge is 2.21. The van der Waals surface area contributed by atoms with E-state index in [1.165, 1.54) is 0 Å². The van der Waals surface area contributed by atoms with E-state index in [-0.39, 0.29) is 11.9 Å². The third-order valence-corrected chi connectivity index (χ3v) is 3.52. The van der Waals surface area contributed by atoms with Crippen LogP contribution in [0, 0.1) is 0 Å². The number of fused-ring (bicyclic) bond motifs is 1. The van der Waals surface area contributed by atoms with E-state index in [1.807, 2.05) is 24.3 Å². The van der Waals surface area contributed by atoms with Crippen LogP contribution in [0.5, 0.6) is 5.75 Å². The summed E-state index contributed by atoms with van der Waals surface area (Å²) in [5, 5.41) is 6.03. The van der Waals surface area contributed by atoms with Crippen LogP contribution in [0.1, 0.15) is 28.5 Å². The Bertz CT molecular complexity index is 657. The molecule has 108 valence electrons. The first-order valence-electron chi connectivity index (χ1n) is 6.94. The zero-order valence-electron chi connectivity index (χ0n) is 11.8. The van der Waals surface area contributed by atoms with Gasteiger partial charge in [-0.2, -0.15) is 0 Å². The van der Waals surface area contributed by atoms with Crippen LogP contribution >= 0.6 is 0 Å². The number of carbonyl (C=O) groups excluding carboxylic acids is 1. The first-order chi connectivity index (χ1) is 10.3. The predicted octanol–water partition coefficient (Wildman–Crippen LogP) is 2.38. The minimum atomic E-state index is -0.189. The number of benzene rings is 1. The van der Waals surface area contributed by atoms with E-state index in [0.29, 0.717) is 12.3 Å². The van der Waals surface area contributed by atoms with Crippen LogP contribution in [0.2, 0.25) is 0 Å². The van der Waals surface area contributed by atoms with Gasteiger partial charge in [0.15, 0.2) is 0 Å². The fourth-order valence-electron chi connectivity index (χ4n) is 2.47. The summed E-state index contributed by atoms with van der Waals surface area (Å²) < 4.78 is 5.65. The molecule has 1 aromatic heterocycles. The Balaban J connectivity index is 1.83. The number of hydrogen-bond acceptors (Lipinski definition) is 4. The van der Waals surface area contributed by atoms with Crippen molar-refractivity contribution in [3.63, 3.8) is 0 Å². The molecule has 2 heterocycles. The topological polar surface area (TPSA) is 63.2 Å². The summed E-state index contributed by atoms with van der Waals surface area (Å²) in [7, 11) is 1.60. The Hall–Kier alpha value is -2.56. The molecule has 5 heteroatoms. The minimum Gasteiger partial charge on any atom is -0.493 e. The Morgan fingerprint density at radius 2 is 2.19 bits per heavy atom. The summed E-state index contributed by atoms with van der Waals surface area (Å²) in [5.74, 6) is 0.729. The van der Waals surface area contributed by atoms with Crippen molar-refractivity contribution in [2.75, 3.05) is 19.0 Å². The SMILES string of the molecule is CNC(=O)c1cc(NC2CCOc3ccccc32)ccn1. The van der Waals surface area contributed by atoms with Gasteiger partial charge in [-0.3, -0.25) is 9.78 Å². The zero-order chi connectivity index (χ0) is 14.7. The second kappa shape index (κ2) is 5.83.